The average Bonchev–Trinajstić information content (AvgIpc) is 2.87. The molecule has 0 aliphatic heterocycles. The minimum Gasteiger partial charge on any atom is -0.486 e. The monoisotopic (exact) mass is 260 g/mol. The summed E-state index contributed by atoms with van der Waals surface area (Å²) in [4.78, 5) is 4.28. The number of rotatable bonds is 6. The first kappa shape index (κ1) is 13.5. The molecule has 5 nitrogen and oxygen atoms in total. The van der Waals surface area contributed by atoms with Crippen LogP contribution in [0.1, 0.15) is 31.3 Å². The molecule has 2 rings (SSSR count). The molecular formula is C14H20N4O. The molecule has 2 aromatic rings. The topological polar surface area (TPSA) is 66.0 Å². The lowest BCUT2D eigenvalue weighted by molar-refractivity contribution is 0.297. The van der Waals surface area contributed by atoms with Crippen LogP contribution in [0.15, 0.2) is 30.6 Å². The van der Waals surface area contributed by atoms with Crippen LogP contribution in [-0.4, -0.2) is 21.3 Å². The summed E-state index contributed by atoms with van der Waals surface area (Å²) in [6.45, 7) is 5.26. The predicted octanol–water partition coefficient (Wildman–Crippen LogP) is 1.94. The summed E-state index contributed by atoms with van der Waals surface area (Å²) in [6, 6.07) is 6.19. The minimum absolute atomic E-state index is 0.367. The van der Waals surface area contributed by atoms with Crippen molar-refractivity contribution in [3.05, 3.63) is 42.0 Å². The standard InChI is InChI=1S/C14H20N4O/c1-11(2)18-8-6-13(17-18)10-19-14-4-3-12(5-7-15)16-9-14/h3-4,6,8-9,11H,5,7,10,15H2,1-2H3. The van der Waals surface area contributed by atoms with Gasteiger partial charge >= 0.3 is 0 Å². The Morgan fingerprint density at radius 1 is 1.26 bits per heavy atom. The van der Waals surface area contributed by atoms with Crippen LogP contribution in [-0.2, 0) is 13.0 Å². The van der Waals surface area contributed by atoms with Crippen molar-refractivity contribution in [2.45, 2.75) is 32.9 Å². The Morgan fingerprint density at radius 3 is 2.68 bits per heavy atom. The number of ether oxygens (including phenoxy) is 1. The first-order chi connectivity index (χ1) is 9.19. The van der Waals surface area contributed by atoms with Crippen LogP contribution >= 0.6 is 0 Å². The maximum Gasteiger partial charge on any atom is 0.138 e. The molecule has 0 saturated carbocycles. The molecule has 0 radical (unpaired) electrons. The van der Waals surface area contributed by atoms with Crippen LogP contribution in [0.2, 0.25) is 0 Å². The van der Waals surface area contributed by atoms with Crippen molar-refractivity contribution in [2.24, 2.45) is 5.73 Å². The van der Waals surface area contributed by atoms with E-state index in [1.165, 1.54) is 0 Å². The van der Waals surface area contributed by atoms with E-state index in [9.17, 15) is 0 Å². The number of pyridine rings is 1. The summed E-state index contributed by atoms with van der Waals surface area (Å²) in [5.41, 5.74) is 7.38. The molecule has 0 amide bonds. The van der Waals surface area contributed by atoms with E-state index in [1.54, 1.807) is 6.20 Å². The quantitative estimate of drug-likeness (QED) is 0.862. The van der Waals surface area contributed by atoms with E-state index in [0.29, 0.717) is 19.2 Å². The lowest BCUT2D eigenvalue weighted by Crippen LogP contribution is -2.05. The number of hydrogen-bond donors (Lipinski definition) is 1. The molecule has 2 aromatic heterocycles. The van der Waals surface area contributed by atoms with Crippen LogP contribution in [0.5, 0.6) is 5.75 Å². The minimum atomic E-state index is 0.367. The highest BCUT2D eigenvalue weighted by atomic mass is 16.5. The van der Waals surface area contributed by atoms with E-state index in [1.807, 2.05) is 29.1 Å². The summed E-state index contributed by atoms with van der Waals surface area (Å²) in [5.74, 6) is 0.750. The van der Waals surface area contributed by atoms with Crippen LogP contribution in [0.3, 0.4) is 0 Å². The molecule has 0 fully saturated rings. The molecule has 0 unspecified atom stereocenters. The molecule has 19 heavy (non-hydrogen) atoms. The van der Waals surface area contributed by atoms with Gasteiger partial charge in [0.25, 0.3) is 0 Å². The van der Waals surface area contributed by atoms with E-state index < -0.39 is 0 Å². The van der Waals surface area contributed by atoms with E-state index in [-0.39, 0.29) is 0 Å². The Hall–Kier alpha value is -1.88. The van der Waals surface area contributed by atoms with Gasteiger partial charge in [0, 0.05) is 24.4 Å². The maximum atomic E-state index is 5.65. The zero-order valence-corrected chi connectivity index (χ0v) is 11.4. The SMILES string of the molecule is CC(C)n1ccc(COc2ccc(CCN)nc2)n1. The Balaban J connectivity index is 1.90. The molecule has 0 atom stereocenters. The van der Waals surface area contributed by atoms with Gasteiger partial charge in [0.2, 0.25) is 0 Å². The Bertz CT molecular complexity index is 504. The third kappa shape index (κ3) is 3.79. The Morgan fingerprint density at radius 2 is 2.11 bits per heavy atom. The highest BCUT2D eigenvalue weighted by Crippen LogP contribution is 2.12. The Labute approximate surface area is 113 Å². The van der Waals surface area contributed by atoms with Gasteiger partial charge in [-0.2, -0.15) is 5.10 Å². The zero-order valence-electron chi connectivity index (χ0n) is 11.4. The summed E-state index contributed by atoms with van der Waals surface area (Å²) < 4.78 is 7.57. The highest BCUT2D eigenvalue weighted by molar-refractivity contribution is 5.20. The van der Waals surface area contributed by atoms with Crippen molar-refractivity contribution in [1.29, 1.82) is 0 Å². The second-order valence-corrected chi connectivity index (χ2v) is 4.69. The number of nitrogens with two attached hydrogens (primary N) is 1. The second kappa shape index (κ2) is 6.33. The molecule has 0 saturated heterocycles. The van der Waals surface area contributed by atoms with Crippen molar-refractivity contribution in [1.82, 2.24) is 14.8 Å². The maximum absolute atomic E-state index is 5.65. The fraction of sp³-hybridized carbons (Fsp3) is 0.429. The molecule has 0 aliphatic carbocycles. The van der Waals surface area contributed by atoms with Crippen molar-refractivity contribution in [3.63, 3.8) is 0 Å². The molecule has 102 valence electrons. The fourth-order valence-electron chi connectivity index (χ4n) is 1.69. The van der Waals surface area contributed by atoms with Crippen molar-refractivity contribution in [3.8, 4) is 5.75 Å². The van der Waals surface area contributed by atoms with Crippen LogP contribution in [0.25, 0.3) is 0 Å². The van der Waals surface area contributed by atoms with E-state index in [4.69, 9.17) is 10.5 Å². The van der Waals surface area contributed by atoms with Gasteiger partial charge in [-0.25, -0.2) is 0 Å². The third-order valence-electron chi connectivity index (χ3n) is 2.78. The van der Waals surface area contributed by atoms with E-state index >= 15 is 0 Å². The van der Waals surface area contributed by atoms with Gasteiger partial charge in [-0.3, -0.25) is 9.67 Å². The molecule has 0 spiro atoms. The largest absolute Gasteiger partial charge is 0.486 e. The van der Waals surface area contributed by atoms with Crippen molar-refractivity contribution < 1.29 is 4.74 Å². The lowest BCUT2D eigenvalue weighted by Gasteiger charge is -2.06. The van der Waals surface area contributed by atoms with E-state index in [2.05, 4.69) is 23.9 Å². The van der Waals surface area contributed by atoms with Gasteiger partial charge in [0.15, 0.2) is 0 Å². The van der Waals surface area contributed by atoms with Gasteiger partial charge in [-0.1, -0.05) is 0 Å². The first-order valence-electron chi connectivity index (χ1n) is 6.51. The lowest BCUT2D eigenvalue weighted by atomic mass is 10.3. The molecule has 0 bridgehead atoms. The van der Waals surface area contributed by atoms with Gasteiger partial charge in [-0.05, 0) is 38.6 Å². The summed E-state index contributed by atoms with van der Waals surface area (Å²) in [7, 11) is 0. The molecule has 5 heteroatoms. The molecule has 2 heterocycles. The van der Waals surface area contributed by atoms with Crippen LogP contribution < -0.4 is 10.5 Å². The third-order valence-corrected chi connectivity index (χ3v) is 2.78. The van der Waals surface area contributed by atoms with Crippen molar-refractivity contribution in [2.75, 3.05) is 6.54 Å². The van der Waals surface area contributed by atoms with Crippen LogP contribution in [0.4, 0.5) is 0 Å². The highest BCUT2D eigenvalue weighted by Gasteiger charge is 2.03. The van der Waals surface area contributed by atoms with Crippen molar-refractivity contribution >= 4 is 0 Å². The average molecular weight is 260 g/mol. The summed E-state index contributed by atoms with van der Waals surface area (Å²) in [6.07, 6.45) is 4.48. The number of nitrogens with zero attached hydrogens (tertiary/aromatic N) is 3. The molecule has 0 aromatic carbocycles. The van der Waals surface area contributed by atoms with Gasteiger partial charge in [-0.15, -0.1) is 0 Å². The van der Waals surface area contributed by atoms with Crippen LogP contribution in [0, 0.1) is 0 Å². The van der Waals surface area contributed by atoms with E-state index in [0.717, 1.165) is 23.6 Å². The molecule has 0 aliphatic rings. The van der Waals surface area contributed by atoms with Gasteiger partial charge in [0.1, 0.15) is 12.4 Å². The smallest absolute Gasteiger partial charge is 0.138 e. The first-order valence-corrected chi connectivity index (χ1v) is 6.51. The number of aromatic nitrogens is 3. The predicted molar refractivity (Wildman–Crippen MR) is 73.9 cm³/mol. The summed E-state index contributed by atoms with van der Waals surface area (Å²) >= 11 is 0. The normalized spacial score (nSPS) is 10.9. The molecule has 2 N–H and O–H groups in total. The summed E-state index contributed by atoms with van der Waals surface area (Å²) in [5, 5.41) is 4.43. The second-order valence-electron chi connectivity index (χ2n) is 4.69. The number of hydrogen-bond acceptors (Lipinski definition) is 4. The van der Waals surface area contributed by atoms with Gasteiger partial charge < -0.3 is 10.5 Å². The fourth-order valence-corrected chi connectivity index (χ4v) is 1.69. The van der Waals surface area contributed by atoms with Gasteiger partial charge in [0.05, 0.1) is 11.9 Å². The molecular weight excluding hydrogens is 240 g/mol. The Kier molecular flexibility index (Phi) is 4.52. The zero-order chi connectivity index (χ0) is 13.7.